The highest BCUT2D eigenvalue weighted by molar-refractivity contribution is 5.87. The summed E-state index contributed by atoms with van der Waals surface area (Å²) < 4.78 is 11.6. The molecule has 0 saturated carbocycles. The quantitative estimate of drug-likeness (QED) is 0.782. The lowest BCUT2D eigenvalue weighted by molar-refractivity contribution is -0.143. The van der Waals surface area contributed by atoms with Crippen LogP contribution < -0.4 is 5.32 Å². The van der Waals surface area contributed by atoms with Gasteiger partial charge in [-0.2, -0.15) is 0 Å². The maximum absolute atomic E-state index is 12.9. The predicted octanol–water partition coefficient (Wildman–Crippen LogP) is 2.11. The van der Waals surface area contributed by atoms with E-state index in [1.807, 2.05) is 4.90 Å². The first kappa shape index (κ1) is 19.6. The number of hydrogen-bond acceptors (Lipinski definition) is 4. The minimum absolute atomic E-state index is 0.0232. The number of nitrogens with zero attached hydrogens (tertiary/aromatic N) is 1. The van der Waals surface area contributed by atoms with Crippen LogP contribution >= 0.6 is 0 Å². The van der Waals surface area contributed by atoms with Crippen LogP contribution in [0.15, 0.2) is 0 Å². The van der Waals surface area contributed by atoms with E-state index in [-0.39, 0.29) is 36.0 Å². The average molecular weight is 367 g/mol. The Labute approximate surface area is 157 Å². The fraction of sp³-hybridized carbons (Fsp3) is 0.900. The molecule has 0 radical (unpaired) electrons. The Kier molecular flexibility index (Phi) is 6.92. The molecule has 3 rings (SSSR count). The number of rotatable bonds is 6. The molecule has 148 valence electrons. The van der Waals surface area contributed by atoms with Gasteiger partial charge in [0.1, 0.15) is 0 Å². The number of nitrogens with one attached hydrogen (secondary N) is 1. The topological polar surface area (TPSA) is 67.9 Å². The molecular weight excluding hydrogens is 332 g/mol. The monoisotopic (exact) mass is 366 g/mol. The third kappa shape index (κ3) is 5.43. The SMILES string of the molecule is CC(C)C[C@@H]1C[C@@H](C(=O)N2CCC(OC[C@H]3CCCO3)CC2)CC(=O)N1. The molecule has 1 N–H and O–H groups in total. The zero-order chi connectivity index (χ0) is 18.5. The van der Waals surface area contributed by atoms with Gasteiger partial charge in [-0.1, -0.05) is 13.8 Å². The Balaban J connectivity index is 1.42. The summed E-state index contributed by atoms with van der Waals surface area (Å²) in [6.07, 6.45) is 6.53. The van der Waals surface area contributed by atoms with E-state index in [4.69, 9.17) is 9.47 Å². The van der Waals surface area contributed by atoms with E-state index in [9.17, 15) is 9.59 Å². The zero-order valence-electron chi connectivity index (χ0n) is 16.2. The first-order chi connectivity index (χ1) is 12.5. The van der Waals surface area contributed by atoms with Crippen LogP contribution in [0.25, 0.3) is 0 Å². The third-order valence-electron chi connectivity index (χ3n) is 5.77. The Hall–Kier alpha value is -1.14. The van der Waals surface area contributed by atoms with Crippen molar-refractivity contribution in [2.75, 3.05) is 26.3 Å². The largest absolute Gasteiger partial charge is 0.376 e. The molecule has 6 heteroatoms. The van der Waals surface area contributed by atoms with Crippen LogP contribution in [0.5, 0.6) is 0 Å². The summed E-state index contributed by atoms with van der Waals surface area (Å²) in [7, 11) is 0. The normalized spacial score (nSPS) is 30.7. The van der Waals surface area contributed by atoms with Crippen LogP contribution in [0.3, 0.4) is 0 Å². The fourth-order valence-electron chi connectivity index (χ4n) is 4.43. The molecule has 3 heterocycles. The van der Waals surface area contributed by atoms with Crippen LogP contribution in [-0.4, -0.2) is 61.3 Å². The number of likely N-dealkylation sites (tertiary alicyclic amines) is 1. The number of hydrogen-bond donors (Lipinski definition) is 1. The van der Waals surface area contributed by atoms with Crippen molar-refractivity contribution in [2.45, 2.75) is 77.0 Å². The Morgan fingerprint density at radius 1 is 1.31 bits per heavy atom. The van der Waals surface area contributed by atoms with E-state index in [0.717, 1.165) is 58.2 Å². The second-order valence-electron chi connectivity index (χ2n) is 8.52. The number of carbonyl (C=O) groups is 2. The molecule has 0 aromatic rings. The molecule has 26 heavy (non-hydrogen) atoms. The maximum Gasteiger partial charge on any atom is 0.226 e. The number of ether oxygens (including phenoxy) is 2. The van der Waals surface area contributed by atoms with Crippen molar-refractivity contribution in [1.29, 1.82) is 0 Å². The molecular formula is C20H34N2O4. The van der Waals surface area contributed by atoms with Crippen LogP contribution in [0.1, 0.15) is 58.8 Å². The van der Waals surface area contributed by atoms with Gasteiger partial charge >= 0.3 is 0 Å². The lowest BCUT2D eigenvalue weighted by Crippen LogP contribution is -2.50. The van der Waals surface area contributed by atoms with Crippen molar-refractivity contribution >= 4 is 11.8 Å². The van der Waals surface area contributed by atoms with Gasteiger partial charge in [-0.25, -0.2) is 0 Å². The van der Waals surface area contributed by atoms with E-state index >= 15 is 0 Å². The standard InChI is InChI=1S/C20H34N2O4/c1-14(2)10-16-11-15(12-19(23)21-16)20(24)22-7-5-17(6-8-22)26-13-18-4-3-9-25-18/h14-18H,3-13H2,1-2H3,(H,21,23)/t15-,16-,18-/m1/s1. The van der Waals surface area contributed by atoms with Crippen molar-refractivity contribution in [1.82, 2.24) is 10.2 Å². The van der Waals surface area contributed by atoms with Crippen LogP contribution in [0.4, 0.5) is 0 Å². The first-order valence-electron chi connectivity index (χ1n) is 10.3. The lowest BCUT2D eigenvalue weighted by Gasteiger charge is -2.37. The number of piperidine rings is 2. The van der Waals surface area contributed by atoms with Crippen molar-refractivity contribution < 1.29 is 19.1 Å². The molecule has 2 amide bonds. The molecule has 3 fully saturated rings. The van der Waals surface area contributed by atoms with E-state index in [1.54, 1.807) is 0 Å². The van der Waals surface area contributed by atoms with Gasteiger partial charge in [-0.15, -0.1) is 0 Å². The van der Waals surface area contributed by atoms with Gasteiger partial charge in [0.2, 0.25) is 11.8 Å². The molecule has 0 unspecified atom stereocenters. The van der Waals surface area contributed by atoms with E-state index in [0.29, 0.717) is 18.9 Å². The molecule has 3 aliphatic heterocycles. The van der Waals surface area contributed by atoms with Crippen molar-refractivity contribution in [2.24, 2.45) is 11.8 Å². The van der Waals surface area contributed by atoms with Gasteiger partial charge in [0.05, 0.1) is 18.8 Å². The molecule has 6 nitrogen and oxygen atoms in total. The van der Waals surface area contributed by atoms with Gasteiger partial charge in [0.25, 0.3) is 0 Å². The van der Waals surface area contributed by atoms with E-state index in [2.05, 4.69) is 19.2 Å². The summed E-state index contributed by atoms with van der Waals surface area (Å²) in [6.45, 7) is 7.31. The van der Waals surface area contributed by atoms with Gasteiger partial charge < -0.3 is 19.7 Å². The van der Waals surface area contributed by atoms with E-state index in [1.165, 1.54) is 0 Å². The van der Waals surface area contributed by atoms with Crippen LogP contribution in [0.2, 0.25) is 0 Å². The minimum atomic E-state index is -0.156. The molecule has 3 aliphatic rings. The van der Waals surface area contributed by atoms with Gasteiger partial charge in [0, 0.05) is 38.1 Å². The molecule has 0 aromatic carbocycles. The maximum atomic E-state index is 12.9. The van der Waals surface area contributed by atoms with Crippen molar-refractivity contribution in [3.8, 4) is 0 Å². The fourth-order valence-corrected chi connectivity index (χ4v) is 4.43. The second kappa shape index (κ2) is 9.18. The van der Waals surface area contributed by atoms with Crippen LogP contribution in [0, 0.1) is 11.8 Å². The zero-order valence-corrected chi connectivity index (χ0v) is 16.2. The van der Waals surface area contributed by atoms with Crippen molar-refractivity contribution in [3.05, 3.63) is 0 Å². The summed E-state index contributed by atoms with van der Waals surface area (Å²) >= 11 is 0. The molecule has 0 bridgehead atoms. The van der Waals surface area contributed by atoms with Gasteiger partial charge in [0.15, 0.2) is 0 Å². The lowest BCUT2D eigenvalue weighted by atomic mass is 9.86. The minimum Gasteiger partial charge on any atom is -0.376 e. The smallest absolute Gasteiger partial charge is 0.226 e. The highest BCUT2D eigenvalue weighted by Crippen LogP contribution is 2.25. The molecule has 0 spiro atoms. The van der Waals surface area contributed by atoms with Gasteiger partial charge in [-0.3, -0.25) is 9.59 Å². The van der Waals surface area contributed by atoms with E-state index < -0.39 is 0 Å². The highest BCUT2D eigenvalue weighted by Gasteiger charge is 2.35. The molecule has 0 aromatic heterocycles. The first-order valence-corrected chi connectivity index (χ1v) is 10.3. The second-order valence-corrected chi connectivity index (χ2v) is 8.52. The van der Waals surface area contributed by atoms with Crippen molar-refractivity contribution in [3.63, 3.8) is 0 Å². The average Bonchev–Trinajstić information content (AvgIpc) is 3.12. The Morgan fingerprint density at radius 2 is 2.08 bits per heavy atom. The molecule has 0 aliphatic carbocycles. The summed E-state index contributed by atoms with van der Waals surface area (Å²) in [5.74, 6) is 0.545. The summed E-state index contributed by atoms with van der Waals surface area (Å²) in [5.41, 5.74) is 0. The summed E-state index contributed by atoms with van der Waals surface area (Å²) in [6, 6.07) is 0.137. The van der Waals surface area contributed by atoms with Crippen LogP contribution in [-0.2, 0) is 19.1 Å². The Morgan fingerprint density at radius 3 is 2.73 bits per heavy atom. The number of carbonyl (C=O) groups excluding carboxylic acids is 2. The molecule has 3 saturated heterocycles. The highest BCUT2D eigenvalue weighted by atomic mass is 16.5. The third-order valence-corrected chi connectivity index (χ3v) is 5.77. The summed E-state index contributed by atoms with van der Waals surface area (Å²) in [5, 5.41) is 3.04. The van der Waals surface area contributed by atoms with Gasteiger partial charge in [-0.05, 0) is 44.4 Å². The Bertz CT molecular complexity index is 482. The number of amides is 2. The summed E-state index contributed by atoms with van der Waals surface area (Å²) in [4.78, 5) is 26.8. The predicted molar refractivity (Wildman–Crippen MR) is 98.6 cm³/mol. The molecule has 3 atom stereocenters.